The van der Waals surface area contributed by atoms with E-state index < -0.39 is 17.9 Å². The number of carboxylic acid groups (broad SMARTS) is 1. The average Bonchev–Trinajstić information content (AvgIpc) is 2.53. The van der Waals surface area contributed by atoms with Crippen LogP contribution in [0, 0.1) is 13.8 Å². The molecule has 0 aliphatic carbocycles. The Labute approximate surface area is 92.7 Å². The first-order valence-corrected chi connectivity index (χ1v) is 4.93. The number of oxazole rings is 1. The summed E-state index contributed by atoms with van der Waals surface area (Å²) in [5.74, 6) is -1.17. The highest BCUT2D eigenvalue weighted by Gasteiger charge is 2.22. The molecular weight excluding hydrogens is 212 g/mol. The van der Waals surface area contributed by atoms with Crippen LogP contribution in [0.15, 0.2) is 4.42 Å². The lowest BCUT2D eigenvalue weighted by Gasteiger charge is -2.10. The number of amides is 1. The second-order valence-corrected chi connectivity index (χ2v) is 3.42. The van der Waals surface area contributed by atoms with E-state index in [1.54, 1.807) is 20.8 Å². The summed E-state index contributed by atoms with van der Waals surface area (Å²) in [4.78, 5) is 26.3. The number of nitrogens with zero attached hydrogens (tertiary/aromatic N) is 1. The second kappa shape index (κ2) is 4.78. The van der Waals surface area contributed by atoms with Crippen LogP contribution in [0.3, 0.4) is 0 Å². The third-order valence-corrected chi connectivity index (χ3v) is 2.12. The third kappa shape index (κ3) is 2.59. The highest BCUT2D eigenvalue weighted by molar-refractivity contribution is 5.95. The molecule has 0 fully saturated rings. The summed E-state index contributed by atoms with van der Waals surface area (Å²) in [6, 6.07) is -0.905. The van der Waals surface area contributed by atoms with E-state index in [1.807, 2.05) is 0 Å². The van der Waals surface area contributed by atoms with Crippen molar-refractivity contribution in [3.8, 4) is 0 Å². The van der Waals surface area contributed by atoms with Gasteiger partial charge in [0.2, 0.25) is 5.76 Å². The van der Waals surface area contributed by atoms with Crippen molar-refractivity contribution in [2.24, 2.45) is 0 Å². The largest absolute Gasteiger partial charge is 0.480 e. The van der Waals surface area contributed by atoms with Gasteiger partial charge in [-0.1, -0.05) is 6.92 Å². The number of hydrogen-bond donors (Lipinski definition) is 2. The second-order valence-electron chi connectivity index (χ2n) is 3.42. The fourth-order valence-electron chi connectivity index (χ4n) is 1.30. The number of carbonyl (C=O) groups is 2. The SMILES string of the molecule is CCC(NC(=O)c1oc(C)nc1C)C(=O)O. The van der Waals surface area contributed by atoms with Gasteiger partial charge in [0.15, 0.2) is 5.89 Å². The molecule has 2 N–H and O–H groups in total. The number of aliphatic carboxylic acids is 1. The highest BCUT2D eigenvalue weighted by Crippen LogP contribution is 2.09. The van der Waals surface area contributed by atoms with Gasteiger partial charge < -0.3 is 14.8 Å². The maximum atomic E-state index is 11.6. The zero-order chi connectivity index (χ0) is 12.3. The molecule has 1 aromatic heterocycles. The van der Waals surface area contributed by atoms with E-state index in [2.05, 4.69) is 10.3 Å². The summed E-state index contributed by atoms with van der Waals surface area (Å²) in [5.41, 5.74) is 0.454. The number of aromatic nitrogens is 1. The molecule has 16 heavy (non-hydrogen) atoms. The van der Waals surface area contributed by atoms with Crippen LogP contribution in [0.25, 0.3) is 0 Å². The summed E-state index contributed by atoms with van der Waals surface area (Å²) in [6.45, 7) is 4.93. The first kappa shape index (κ1) is 12.2. The molecule has 0 saturated carbocycles. The third-order valence-electron chi connectivity index (χ3n) is 2.12. The monoisotopic (exact) mass is 226 g/mol. The van der Waals surface area contributed by atoms with Crippen LogP contribution in [0.2, 0.25) is 0 Å². The van der Waals surface area contributed by atoms with Crippen LogP contribution in [0.4, 0.5) is 0 Å². The molecule has 6 heteroatoms. The molecule has 1 heterocycles. The van der Waals surface area contributed by atoms with E-state index in [0.717, 1.165) is 0 Å². The Morgan fingerprint density at radius 3 is 2.50 bits per heavy atom. The number of aryl methyl sites for hydroxylation is 2. The summed E-state index contributed by atoms with van der Waals surface area (Å²) in [7, 11) is 0. The van der Waals surface area contributed by atoms with Gasteiger partial charge in [0.25, 0.3) is 5.91 Å². The van der Waals surface area contributed by atoms with Crippen molar-refractivity contribution in [3.05, 3.63) is 17.3 Å². The van der Waals surface area contributed by atoms with Crippen LogP contribution in [-0.2, 0) is 4.79 Å². The van der Waals surface area contributed by atoms with Crippen LogP contribution < -0.4 is 5.32 Å². The summed E-state index contributed by atoms with van der Waals surface area (Å²) < 4.78 is 5.09. The Kier molecular flexibility index (Phi) is 3.65. The molecule has 1 unspecified atom stereocenters. The molecule has 0 spiro atoms. The van der Waals surface area contributed by atoms with Gasteiger partial charge in [-0.25, -0.2) is 9.78 Å². The molecular formula is C10H14N2O4. The molecule has 1 atom stereocenters. The molecule has 1 rings (SSSR count). The van der Waals surface area contributed by atoms with Crippen molar-refractivity contribution < 1.29 is 19.1 Å². The van der Waals surface area contributed by atoms with E-state index in [4.69, 9.17) is 9.52 Å². The number of carbonyl (C=O) groups excluding carboxylic acids is 1. The smallest absolute Gasteiger partial charge is 0.326 e. The lowest BCUT2D eigenvalue weighted by molar-refractivity contribution is -0.139. The van der Waals surface area contributed by atoms with Gasteiger partial charge in [0.05, 0.1) is 5.69 Å². The van der Waals surface area contributed by atoms with Gasteiger partial charge in [0, 0.05) is 6.92 Å². The number of carboxylic acids is 1. The van der Waals surface area contributed by atoms with Crippen LogP contribution in [0.5, 0.6) is 0 Å². The van der Waals surface area contributed by atoms with E-state index in [9.17, 15) is 9.59 Å². The van der Waals surface area contributed by atoms with Gasteiger partial charge in [-0.15, -0.1) is 0 Å². The van der Waals surface area contributed by atoms with Crippen molar-refractivity contribution in [1.29, 1.82) is 0 Å². The zero-order valence-electron chi connectivity index (χ0n) is 9.40. The van der Waals surface area contributed by atoms with Crippen molar-refractivity contribution in [2.75, 3.05) is 0 Å². The minimum atomic E-state index is -1.07. The first-order chi connectivity index (χ1) is 7.45. The molecule has 1 amide bonds. The predicted molar refractivity (Wildman–Crippen MR) is 55.2 cm³/mol. The highest BCUT2D eigenvalue weighted by atomic mass is 16.4. The maximum absolute atomic E-state index is 11.6. The minimum Gasteiger partial charge on any atom is -0.480 e. The van der Waals surface area contributed by atoms with E-state index >= 15 is 0 Å². The molecule has 1 aromatic rings. The quantitative estimate of drug-likeness (QED) is 0.795. The summed E-state index contributed by atoms with van der Waals surface area (Å²) >= 11 is 0. The Morgan fingerprint density at radius 1 is 1.50 bits per heavy atom. The van der Waals surface area contributed by atoms with Crippen LogP contribution in [0.1, 0.15) is 35.5 Å². The topological polar surface area (TPSA) is 92.4 Å². The number of rotatable bonds is 4. The Balaban J connectivity index is 2.79. The van der Waals surface area contributed by atoms with E-state index in [0.29, 0.717) is 18.0 Å². The molecule has 0 aliphatic rings. The van der Waals surface area contributed by atoms with E-state index in [-0.39, 0.29) is 5.76 Å². The first-order valence-electron chi connectivity index (χ1n) is 4.93. The van der Waals surface area contributed by atoms with Gasteiger partial charge in [-0.05, 0) is 13.3 Å². The van der Waals surface area contributed by atoms with Crippen molar-refractivity contribution in [3.63, 3.8) is 0 Å². The van der Waals surface area contributed by atoms with Crippen LogP contribution in [-0.4, -0.2) is 28.0 Å². The lowest BCUT2D eigenvalue weighted by Crippen LogP contribution is -2.40. The van der Waals surface area contributed by atoms with Crippen molar-refractivity contribution >= 4 is 11.9 Å². The lowest BCUT2D eigenvalue weighted by atomic mass is 10.2. The molecule has 88 valence electrons. The fraction of sp³-hybridized carbons (Fsp3) is 0.500. The molecule has 6 nitrogen and oxygen atoms in total. The molecule has 0 bridgehead atoms. The average molecular weight is 226 g/mol. The normalized spacial score (nSPS) is 12.2. The Morgan fingerprint density at radius 2 is 2.12 bits per heavy atom. The van der Waals surface area contributed by atoms with Gasteiger partial charge in [-0.3, -0.25) is 4.79 Å². The number of nitrogens with one attached hydrogen (secondary N) is 1. The fourth-order valence-corrected chi connectivity index (χ4v) is 1.30. The number of hydrogen-bond acceptors (Lipinski definition) is 4. The molecule has 0 radical (unpaired) electrons. The molecule has 0 aromatic carbocycles. The van der Waals surface area contributed by atoms with Crippen molar-refractivity contribution in [1.82, 2.24) is 10.3 Å². The molecule has 0 saturated heterocycles. The Hall–Kier alpha value is -1.85. The van der Waals surface area contributed by atoms with Crippen molar-refractivity contribution in [2.45, 2.75) is 33.2 Å². The Bertz CT molecular complexity index is 411. The standard InChI is InChI=1S/C10H14N2O4/c1-4-7(10(14)15)12-9(13)8-5(2)11-6(3)16-8/h7H,4H2,1-3H3,(H,12,13)(H,14,15). The summed E-state index contributed by atoms with van der Waals surface area (Å²) in [5, 5.41) is 11.1. The van der Waals surface area contributed by atoms with Gasteiger partial charge in [-0.2, -0.15) is 0 Å². The van der Waals surface area contributed by atoms with Crippen LogP contribution >= 0.6 is 0 Å². The minimum absolute atomic E-state index is 0.0669. The predicted octanol–water partition coefficient (Wildman–Crippen LogP) is 0.884. The van der Waals surface area contributed by atoms with Gasteiger partial charge in [0.1, 0.15) is 6.04 Å². The zero-order valence-corrected chi connectivity index (χ0v) is 9.40. The van der Waals surface area contributed by atoms with E-state index in [1.165, 1.54) is 0 Å². The summed E-state index contributed by atoms with van der Waals surface area (Å²) in [6.07, 6.45) is 0.313. The maximum Gasteiger partial charge on any atom is 0.326 e. The molecule has 0 aliphatic heterocycles. The van der Waals surface area contributed by atoms with Gasteiger partial charge >= 0.3 is 5.97 Å².